The normalized spacial score (nSPS) is 11.2. The molecule has 17 heavy (non-hydrogen) atoms. The van der Waals surface area contributed by atoms with Crippen molar-refractivity contribution >= 4 is 33.4 Å². The van der Waals surface area contributed by atoms with Gasteiger partial charge < -0.3 is 10.4 Å². The Bertz CT molecular complexity index is 532. The topological polar surface area (TPSA) is 122 Å². The van der Waals surface area contributed by atoms with Crippen LogP contribution < -0.4 is 10.5 Å². The van der Waals surface area contributed by atoms with Crippen molar-refractivity contribution in [1.29, 1.82) is 0 Å². The number of rotatable bonds is 5. The van der Waals surface area contributed by atoms with E-state index >= 15 is 0 Å². The molecule has 9 heteroatoms. The number of primary sulfonamides is 1. The van der Waals surface area contributed by atoms with E-state index in [0.717, 1.165) is 0 Å². The van der Waals surface area contributed by atoms with Crippen LogP contribution in [0.3, 0.4) is 0 Å². The molecule has 0 radical (unpaired) electrons. The Hall–Kier alpha value is -1.38. The van der Waals surface area contributed by atoms with Crippen molar-refractivity contribution < 1.29 is 18.3 Å². The summed E-state index contributed by atoms with van der Waals surface area (Å²) in [6, 6.07) is 1.22. The molecule has 0 aliphatic carbocycles. The van der Waals surface area contributed by atoms with Gasteiger partial charge in [0.2, 0.25) is 10.0 Å². The minimum Gasteiger partial charge on any atom is -0.478 e. The number of halogens is 1. The Morgan fingerprint density at radius 2 is 2.24 bits per heavy atom. The molecule has 1 aromatic rings. The highest BCUT2D eigenvalue weighted by molar-refractivity contribution is 7.89. The first-order valence-electron chi connectivity index (χ1n) is 4.43. The lowest BCUT2D eigenvalue weighted by atomic mass is 10.2. The Morgan fingerprint density at radius 3 is 2.76 bits per heavy atom. The molecule has 0 amide bonds. The Balaban J connectivity index is 2.73. The molecule has 1 heterocycles. The van der Waals surface area contributed by atoms with Crippen LogP contribution in [0.4, 0.5) is 5.82 Å². The van der Waals surface area contributed by atoms with E-state index in [1.54, 1.807) is 0 Å². The number of anilines is 1. The van der Waals surface area contributed by atoms with Gasteiger partial charge in [-0.1, -0.05) is 11.6 Å². The van der Waals surface area contributed by atoms with E-state index in [1.807, 2.05) is 0 Å². The number of sulfonamides is 1. The van der Waals surface area contributed by atoms with E-state index < -0.39 is 16.0 Å². The second-order valence-electron chi connectivity index (χ2n) is 3.15. The van der Waals surface area contributed by atoms with Gasteiger partial charge in [-0.2, -0.15) is 0 Å². The number of aromatic nitrogens is 1. The van der Waals surface area contributed by atoms with E-state index in [9.17, 15) is 13.2 Å². The highest BCUT2D eigenvalue weighted by atomic mass is 35.5. The fourth-order valence-corrected chi connectivity index (χ4v) is 1.59. The lowest BCUT2D eigenvalue weighted by Crippen LogP contribution is -2.22. The molecular weight excluding hydrogens is 270 g/mol. The van der Waals surface area contributed by atoms with E-state index in [2.05, 4.69) is 10.3 Å². The van der Waals surface area contributed by atoms with Crippen molar-refractivity contribution in [3.63, 3.8) is 0 Å². The second kappa shape index (κ2) is 5.30. The predicted octanol–water partition coefficient (Wildman–Crippen LogP) is 0.134. The zero-order valence-electron chi connectivity index (χ0n) is 8.55. The average Bonchev–Trinajstić information content (AvgIpc) is 2.18. The quantitative estimate of drug-likeness (QED) is 0.704. The molecule has 0 saturated heterocycles. The largest absolute Gasteiger partial charge is 0.478 e. The van der Waals surface area contributed by atoms with Gasteiger partial charge in [0.15, 0.2) is 0 Å². The molecule has 4 N–H and O–H groups in total. The zero-order valence-corrected chi connectivity index (χ0v) is 10.1. The molecule has 0 aliphatic heterocycles. The van der Waals surface area contributed by atoms with E-state index in [4.69, 9.17) is 21.8 Å². The molecule has 0 fully saturated rings. The van der Waals surface area contributed by atoms with Crippen molar-refractivity contribution in [3.05, 3.63) is 22.8 Å². The van der Waals surface area contributed by atoms with Gasteiger partial charge in [-0.15, -0.1) is 0 Å². The molecule has 0 bridgehead atoms. The number of carbonyl (C=O) groups is 1. The highest BCUT2D eigenvalue weighted by Crippen LogP contribution is 2.17. The number of carboxylic acids is 1. The van der Waals surface area contributed by atoms with Gasteiger partial charge in [0.05, 0.1) is 16.3 Å². The third kappa shape index (κ3) is 4.55. The summed E-state index contributed by atoms with van der Waals surface area (Å²) in [5, 5.41) is 16.2. The number of nitrogens with one attached hydrogen (secondary N) is 1. The summed E-state index contributed by atoms with van der Waals surface area (Å²) < 4.78 is 21.3. The van der Waals surface area contributed by atoms with Crippen molar-refractivity contribution in [2.45, 2.75) is 0 Å². The predicted molar refractivity (Wildman–Crippen MR) is 62.7 cm³/mol. The van der Waals surface area contributed by atoms with Crippen LogP contribution in [-0.2, 0) is 10.0 Å². The van der Waals surface area contributed by atoms with Crippen LogP contribution in [0, 0.1) is 0 Å². The molecule has 7 nitrogen and oxygen atoms in total. The molecule has 0 spiro atoms. The number of carboxylic acid groups (broad SMARTS) is 1. The lowest BCUT2D eigenvalue weighted by Gasteiger charge is -2.06. The third-order valence-corrected chi connectivity index (χ3v) is 2.85. The summed E-state index contributed by atoms with van der Waals surface area (Å²) in [5.74, 6) is -1.25. The summed E-state index contributed by atoms with van der Waals surface area (Å²) in [5.41, 5.74) is -0.111. The van der Waals surface area contributed by atoms with Crippen molar-refractivity contribution in [2.75, 3.05) is 17.6 Å². The van der Waals surface area contributed by atoms with Crippen LogP contribution in [0.5, 0.6) is 0 Å². The van der Waals surface area contributed by atoms with Gasteiger partial charge >= 0.3 is 5.97 Å². The standard InChI is InChI=1S/C8H10ClN3O4S/c9-6-4-12-7(3-5(6)8(13)14)11-1-2-17(10,15)16/h3-4H,1-2H2,(H,11,12)(H,13,14)(H2,10,15,16). The van der Waals surface area contributed by atoms with Crippen LogP contribution in [0.1, 0.15) is 10.4 Å². The first-order chi connectivity index (χ1) is 7.79. The van der Waals surface area contributed by atoms with Gasteiger partial charge in [-0.05, 0) is 6.07 Å². The molecule has 0 unspecified atom stereocenters. The van der Waals surface area contributed by atoms with Crippen LogP contribution in [0.25, 0.3) is 0 Å². The molecule has 94 valence electrons. The highest BCUT2D eigenvalue weighted by Gasteiger charge is 2.10. The lowest BCUT2D eigenvalue weighted by molar-refractivity contribution is 0.0697. The average molecular weight is 280 g/mol. The van der Waals surface area contributed by atoms with Crippen LogP contribution in [-0.4, -0.2) is 36.8 Å². The minimum atomic E-state index is -3.56. The van der Waals surface area contributed by atoms with Gasteiger partial charge in [0.1, 0.15) is 5.82 Å². The number of aromatic carboxylic acids is 1. The minimum absolute atomic E-state index is 0.00879. The van der Waals surface area contributed by atoms with Crippen LogP contribution in [0.15, 0.2) is 12.3 Å². The van der Waals surface area contributed by atoms with Crippen molar-refractivity contribution in [2.24, 2.45) is 5.14 Å². The molecule has 0 aromatic carbocycles. The summed E-state index contributed by atoms with van der Waals surface area (Å²) in [6.07, 6.45) is 1.17. The molecule has 0 saturated carbocycles. The number of hydrogen-bond donors (Lipinski definition) is 3. The number of nitrogens with two attached hydrogens (primary N) is 1. The monoisotopic (exact) mass is 279 g/mol. The first-order valence-corrected chi connectivity index (χ1v) is 6.52. The zero-order chi connectivity index (χ0) is 13.1. The fourth-order valence-electron chi connectivity index (χ4n) is 1.02. The second-order valence-corrected chi connectivity index (χ2v) is 5.29. The van der Waals surface area contributed by atoms with E-state index in [1.165, 1.54) is 12.3 Å². The molecular formula is C8H10ClN3O4S. The third-order valence-electron chi connectivity index (χ3n) is 1.78. The fraction of sp³-hybridized carbons (Fsp3) is 0.250. The van der Waals surface area contributed by atoms with Gasteiger partial charge in [-0.25, -0.2) is 23.3 Å². The maximum Gasteiger partial charge on any atom is 0.337 e. The molecule has 1 rings (SSSR count). The molecule has 1 aromatic heterocycles. The first kappa shape index (κ1) is 13.7. The summed E-state index contributed by atoms with van der Waals surface area (Å²) in [7, 11) is -3.56. The summed E-state index contributed by atoms with van der Waals surface area (Å²) in [6.45, 7) is 0.0343. The molecule has 0 aliphatic rings. The molecule has 0 atom stereocenters. The van der Waals surface area contributed by atoms with Crippen molar-refractivity contribution in [1.82, 2.24) is 4.98 Å². The van der Waals surface area contributed by atoms with Gasteiger partial charge in [0, 0.05) is 12.7 Å². The maximum atomic E-state index is 10.8. The Kier molecular flexibility index (Phi) is 4.27. The summed E-state index contributed by atoms with van der Waals surface area (Å²) in [4.78, 5) is 14.6. The van der Waals surface area contributed by atoms with E-state index in [0.29, 0.717) is 0 Å². The van der Waals surface area contributed by atoms with Gasteiger partial charge in [0.25, 0.3) is 0 Å². The Labute approximate surface area is 103 Å². The van der Waals surface area contributed by atoms with E-state index in [-0.39, 0.29) is 28.7 Å². The van der Waals surface area contributed by atoms with Crippen LogP contribution >= 0.6 is 11.6 Å². The summed E-state index contributed by atoms with van der Waals surface area (Å²) >= 11 is 5.61. The SMILES string of the molecule is NS(=O)(=O)CCNc1cc(C(=O)O)c(Cl)cn1. The maximum absolute atomic E-state index is 10.8. The number of hydrogen-bond acceptors (Lipinski definition) is 5. The number of nitrogens with zero attached hydrogens (tertiary/aromatic N) is 1. The van der Waals surface area contributed by atoms with Crippen molar-refractivity contribution in [3.8, 4) is 0 Å². The smallest absolute Gasteiger partial charge is 0.337 e. The Morgan fingerprint density at radius 1 is 1.59 bits per heavy atom. The number of pyridine rings is 1. The van der Waals surface area contributed by atoms with Gasteiger partial charge in [-0.3, -0.25) is 0 Å². The van der Waals surface area contributed by atoms with Crippen LogP contribution in [0.2, 0.25) is 5.02 Å².